The van der Waals surface area contributed by atoms with Crippen molar-refractivity contribution in [3.8, 4) is 5.75 Å². The molecule has 0 aliphatic carbocycles. The van der Waals surface area contributed by atoms with Crippen LogP contribution in [-0.4, -0.2) is 27.6 Å². The molecule has 0 amide bonds. The highest BCUT2D eigenvalue weighted by Crippen LogP contribution is 2.24. The SMILES string of the molecule is Cc1ccc(OCCn2cc(CNC(C)C)nn2)c(Cl)c1. The average molecular weight is 309 g/mol. The first-order valence-corrected chi connectivity index (χ1v) is 7.43. The van der Waals surface area contributed by atoms with Crippen molar-refractivity contribution in [1.29, 1.82) is 0 Å². The summed E-state index contributed by atoms with van der Waals surface area (Å²) in [5, 5.41) is 12.1. The van der Waals surface area contributed by atoms with E-state index in [4.69, 9.17) is 16.3 Å². The summed E-state index contributed by atoms with van der Waals surface area (Å²) in [5.41, 5.74) is 2.04. The average Bonchev–Trinajstić information content (AvgIpc) is 2.87. The molecule has 0 atom stereocenters. The topological polar surface area (TPSA) is 52.0 Å². The number of hydrogen-bond acceptors (Lipinski definition) is 4. The van der Waals surface area contributed by atoms with Gasteiger partial charge in [-0.3, -0.25) is 0 Å². The maximum absolute atomic E-state index is 6.12. The fourth-order valence-corrected chi connectivity index (χ4v) is 2.10. The number of nitrogens with zero attached hydrogens (tertiary/aromatic N) is 3. The minimum atomic E-state index is 0.433. The van der Waals surface area contributed by atoms with Crippen molar-refractivity contribution in [2.45, 2.75) is 39.9 Å². The first kappa shape index (κ1) is 15.8. The van der Waals surface area contributed by atoms with Crippen LogP contribution in [0, 0.1) is 6.92 Å². The van der Waals surface area contributed by atoms with Crippen molar-refractivity contribution < 1.29 is 4.74 Å². The molecule has 0 unspecified atom stereocenters. The van der Waals surface area contributed by atoms with Crippen LogP contribution < -0.4 is 10.1 Å². The molecule has 6 heteroatoms. The van der Waals surface area contributed by atoms with Crippen LogP contribution in [0.1, 0.15) is 25.1 Å². The van der Waals surface area contributed by atoms with Gasteiger partial charge in [0.15, 0.2) is 0 Å². The van der Waals surface area contributed by atoms with E-state index in [9.17, 15) is 0 Å². The Labute approximate surface area is 130 Å². The fraction of sp³-hybridized carbons (Fsp3) is 0.467. The lowest BCUT2D eigenvalue weighted by molar-refractivity contribution is 0.290. The van der Waals surface area contributed by atoms with E-state index >= 15 is 0 Å². The molecule has 0 saturated carbocycles. The smallest absolute Gasteiger partial charge is 0.137 e. The Morgan fingerprint density at radius 2 is 2.19 bits per heavy atom. The fourth-order valence-electron chi connectivity index (χ4n) is 1.81. The molecule has 1 heterocycles. The second-order valence-corrected chi connectivity index (χ2v) is 5.70. The summed E-state index contributed by atoms with van der Waals surface area (Å²) in [6.45, 7) is 8.06. The Morgan fingerprint density at radius 1 is 1.38 bits per heavy atom. The molecule has 5 nitrogen and oxygen atoms in total. The van der Waals surface area contributed by atoms with Crippen molar-refractivity contribution in [2.24, 2.45) is 0 Å². The van der Waals surface area contributed by atoms with Gasteiger partial charge in [-0.15, -0.1) is 5.10 Å². The van der Waals surface area contributed by atoms with Gasteiger partial charge in [-0.2, -0.15) is 0 Å². The van der Waals surface area contributed by atoms with E-state index in [1.54, 1.807) is 4.68 Å². The van der Waals surface area contributed by atoms with Crippen LogP contribution in [0.5, 0.6) is 5.75 Å². The van der Waals surface area contributed by atoms with Gasteiger partial charge in [-0.05, 0) is 24.6 Å². The van der Waals surface area contributed by atoms with E-state index < -0.39 is 0 Å². The monoisotopic (exact) mass is 308 g/mol. The molecule has 0 bridgehead atoms. The zero-order valence-electron chi connectivity index (χ0n) is 12.6. The first-order valence-electron chi connectivity index (χ1n) is 7.06. The lowest BCUT2D eigenvalue weighted by atomic mass is 10.2. The second-order valence-electron chi connectivity index (χ2n) is 5.29. The quantitative estimate of drug-likeness (QED) is 0.854. The van der Waals surface area contributed by atoms with E-state index in [0.717, 1.165) is 17.8 Å². The number of benzene rings is 1. The van der Waals surface area contributed by atoms with Gasteiger partial charge in [0, 0.05) is 18.8 Å². The standard InChI is InChI=1S/C15H21ClN4O/c1-11(2)17-9-13-10-20(19-18-13)6-7-21-15-5-4-12(3)8-14(15)16/h4-5,8,10-11,17H,6-7,9H2,1-3H3. The van der Waals surface area contributed by atoms with Crippen LogP contribution in [0.25, 0.3) is 0 Å². The number of aromatic nitrogens is 3. The number of aryl methyl sites for hydroxylation is 1. The summed E-state index contributed by atoms with van der Waals surface area (Å²) in [6.07, 6.45) is 1.93. The lowest BCUT2D eigenvalue weighted by Crippen LogP contribution is -2.21. The summed E-state index contributed by atoms with van der Waals surface area (Å²) in [4.78, 5) is 0. The second kappa shape index (κ2) is 7.43. The van der Waals surface area contributed by atoms with Crippen molar-refractivity contribution in [3.63, 3.8) is 0 Å². The summed E-state index contributed by atoms with van der Waals surface area (Å²) in [6, 6.07) is 6.19. The Balaban J connectivity index is 1.80. The summed E-state index contributed by atoms with van der Waals surface area (Å²) < 4.78 is 7.44. The van der Waals surface area contributed by atoms with Gasteiger partial charge >= 0.3 is 0 Å². The summed E-state index contributed by atoms with van der Waals surface area (Å²) in [7, 11) is 0. The Kier molecular flexibility index (Phi) is 5.59. The Bertz CT molecular complexity index is 583. The highest BCUT2D eigenvalue weighted by molar-refractivity contribution is 6.32. The normalized spacial score (nSPS) is 11.1. The van der Waals surface area contributed by atoms with Crippen LogP contribution in [0.3, 0.4) is 0 Å². The molecule has 1 aromatic heterocycles. The molecular formula is C15H21ClN4O. The molecule has 1 aromatic carbocycles. The zero-order valence-corrected chi connectivity index (χ0v) is 13.4. The summed E-state index contributed by atoms with van der Waals surface area (Å²) in [5.74, 6) is 0.698. The van der Waals surface area contributed by atoms with Gasteiger partial charge in [-0.25, -0.2) is 4.68 Å². The lowest BCUT2D eigenvalue weighted by Gasteiger charge is -2.08. The molecular weight excluding hydrogens is 288 g/mol. The minimum Gasteiger partial charge on any atom is -0.490 e. The largest absolute Gasteiger partial charge is 0.490 e. The third-order valence-corrected chi connectivity index (χ3v) is 3.24. The van der Waals surface area contributed by atoms with E-state index in [-0.39, 0.29) is 0 Å². The molecule has 0 fully saturated rings. The number of ether oxygens (including phenoxy) is 1. The molecule has 0 aliphatic heterocycles. The van der Waals surface area contributed by atoms with Gasteiger partial charge in [0.2, 0.25) is 0 Å². The maximum Gasteiger partial charge on any atom is 0.137 e. The molecule has 2 rings (SSSR count). The van der Waals surface area contributed by atoms with E-state index in [1.165, 1.54) is 0 Å². The van der Waals surface area contributed by atoms with Crippen molar-refractivity contribution in [1.82, 2.24) is 20.3 Å². The van der Waals surface area contributed by atoms with Crippen LogP contribution in [0.4, 0.5) is 0 Å². The third-order valence-electron chi connectivity index (χ3n) is 2.94. The summed E-state index contributed by atoms with van der Waals surface area (Å²) >= 11 is 6.12. The Hall–Kier alpha value is -1.59. The van der Waals surface area contributed by atoms with Crippen LogP contribution in [-0.2, 0) is 13.1 Å². The van der Waals surface area contributed by atoms with Gasteiger partial charge in [0.05, 0.1) is 17.3 Å². The number of nitrogens with one attached hydrogen (secondary N) is 1. The molecule has 2 aromatic rings. The molecule has 0 aliphatic rings. The molecule has 114 valence electrons. The van der Waals surface area contributed by atoms with Crippen molar-refractivity contribution in [2.75, 3.05) is 6.61 Å². The van der Waals surface area contributed by atoms with Crippen LogP contribution in [0.2, 0.25) is 5.02 Å². The van der Waals surface area contributed by atoms with E-state index in [2.05, 4.69) is 29.5 Å². The predicted molar refractivity (Wildman–Crippen MR) is 83.7 cm³/mol. The van der Waals surface area contributed by atoms with Crippen LogP contribution in [0.15, 0.2) is 24.4 Å². The molecule has 0 spiro atoms. The molecule has 0 radical (unpaired) electrons. The van der Waals surface area contributed by atoms with Crippen LogP contribution >= 0.6 is 11.6 Å². The number of hydrogen-bond donors (Lipinski definition) is 1. The van der Waals surface area contributed by atoms with Gasteiger partial charge in [0.1, 0.15) is 12.4 Å². The van der Waals surface area contributed by atoms with Crippen molar-refractivity contribution >= 4 is 11.6 Å². The molecule has 21 heavy (non-hydrogen) atoms. The van der Waals surface area contributed by atoms with E-state index in [1.807, 2.05) is 31.3 Å². The first-order chi connectivity index (χ1) is 10.0. The van der Waals surface area contributed by atoms with Gasteiger partial charge in [0.25, 0.3) is 0 Å². The van der Waals surface area contributed by atoms with Crippen molar-refractivity contribution in [3.05, 3.63) is 40.7 Å². The molecule has 0 saturated heterocycles. The highest BCUT2D eigenvalue weighted by Gasteiger charge is 2.04. The minimum absolute atomic E-state index is 0.433. The molecule has 1 N–H and O–H groups in total. The predicted octanol–water partition coefficient (Wildman–Crippen LogP) is 2.82. The maximum atomic E-state index is 6.12. The van der Waals surface area contributed by atoms with E-state index in [0.29, 0.717) is 30.0 Å². The zero-order chi connectivity index (χ0) is 15.2. The number of rotatable bonds is 7. The third kappa shape index (κ3) is 5.02. The van der Waals surface area contributed by atoms with Gasteiger partial charge in [-0.1, -0.05) is 36.7 Å². The number of halogens is 1. The van der Waals surface area contributed by atoms with Gasteiger partial charge < -0.3 is 10.1 Å². The highest BCUT2D eigenvalue weighted by atomic mass is 35.5. The Morgan fingerprint density at radius 3 is 2.90 bits per heavy atom.